The smallest absolute Gasteiger partial charge is 0.247 e. The van der Waals surface area contributed by atoms with Crippen LogP contribution in [0.25, 0.3) is 6.08 Å². The molecule has 1 rings (SSSR count). The van der Waals surface area contributed by atoms with Gasteiger partial charge in [-0.15, -0.1) is 0 Å². The largest absolute Gasteiger partial charge is 0.506 e. The number of hydrogen-bond donors (Lipinski definition) is 1. The van der Waals surface area contributed by atoms with Crippen molar-refractivity contribution in [2.75, 3.05) is 0 Å². The maximum absolute atomic E-state index is 11.1. The van der Waals surface area contributed by atoms with Gasteiger partial charge in [0.05, 0.1) is 9.95 Å². The molecule has 0 amide bonds. The highest BCUT2D eigenvalue weighted by atomic mass is 35.5. The van der Waals surface area contributed by atoms with E-state index >= 15 is 0 Å². The predicted octanol–water partition coefficient (Wildman–Crippen LogP) is 4.49. The van der Waals surface area contributed by atoms with Crippen molar-refractivity contribution >= 4 is 17.7 Å². The number of halogens is 1. The summed E-state index contributed by atoms with van der Waals surface area (Å²) >= 11 is 5.78. The van der Waals surface area contributed by atoms with Crippen molar-refractivity contribution in [3.8, 4) is 5.75 Å². The summed E-state index contributed by atoms with van der Waals surface area (Å²) in [6, 6.07) is 4.56. The molecule has 0 saturated carbocycles. The van der Waals surface area contributed by atoms with Gasteiger partial charge in [0, 0.05) is 12.5 Å². The Bertz CT molecular complexity index is 486. The van der Waals surface area contributed by atoms with Crippen molar-refractivity contribution in [2.45, 2.75) is 33.1 Å². The van der Waals surface area contributed by atoms with Crippen molar-refractivity contribution in [1.29, 1.82) is 0 Å². The molecular formula is C14H18ClNO3. The van der Waals surface area contributed by atoms with E-state index < -0.39 is 0 Å². The molecule has 1 unspecified atom stereocenters. The molecule has 19 heavy (non-hydrogen) atoms. The van der Waals surface area contributed by atoms with E-state index in [1.54, 1.807) is 6.07 Å². The van der Waals surface area contributed by atoms with E-state index in [2.05, 4.69) is 6.92 Å². The highest BCUT2D eigenvalue weighted by Crippen LogP contribution is 2.26. The number of benzene rings is 1. The molecule has 0 aromatic heterocycles. The first-order valence-corrected chi connectivity index (χ1v) is 6.65. The quantitative estimate of drug-likeness (QED) is 0.618. The molecule has 0 bridgehead atoms. The number of allylic oxidation sites excluding steroid dienone is 1. The van der Waals surface area contributed by atoms with Crippen LogP contribution >= 0.6 is 11.6 Å². The lowest BCUT2D eigenvalue weighted by atomic mass is 9.99. The number of aromatic hydroxyl groups is 1. The zero-order valence-electron chi connectivity index (χ0n) is 11.1. The molecule has 0 aliphatic carbocycles. The Morgan fingerprint density at radius 2 is 2.26 bits per heavy atom. The van der Waals surface area contributed by atoms with Crippen LogP contribution in [0, 0.1) is 16.0 Å². The minimum Gasteiger partial charge on any atom is -0.506 e. The summed E-state index contributed by atoms with van der Waals surface area (Å²) in [5.74, 6) is 0.245. The number of hydrogen-bond acceptors (Lipinski definition) is 3. The van der Waals surface area contributed by atoms with Gasteiger partial charge in [-0.2, -0.15) is 0 Å². The van der Waals surface area contributed by atoms with Gasteiger partial charge in [0.25, 0.3) is 0 Å². The third-order valence-electron chi connectivity index (χ3n) is 2.88. The normalized spacial score (nSPS) is 13.3. The van der Waals surface area contributed by atoms with Gasteiger partial charge in [-0.1, -0.05) is 44.4 Å². The molecule has 1 N–H and O–H groups in total. The Labute approximate surface area is 117 Å². The van der Waals surface area contributed by atoms with E-state index in [-0.39, 0.29) is 27.3 Å². The van der Waals surface area contributed by atoms with Gasteiger partial charge in [-0.25, -0.2) is 0 Å². The Kier molecular flexibility index (Phi) is 5.83. The number of phenols is 1. The van der Waals surface area contributed by atoms with Crippen molar-refractivity contribution in [1.82, 2.24) is 0 Å². The summed E-state index contributed by atoms with van der Waals surface area (Å²) in [6.07, 6.45) is 3.91. The molecule has 1 aromatic rings. The molecule has 1 atom stereocenters. The maximum Gasteiger partial charge on any atom is 0.247 e. The molecule has 0 aliphatic heterocycles. The molecular weight excluding hydrogens is 266 g/mol. The van der Waals surface area contributed by atoms with Gasteiger partial charge in [0.15, 0.2) is 0 Å². The summed E-state index contributed by atoms with van der Waals surface area (Å²) in [4.78, 5) is 10.7. The Hall–Kier alpha value is -1.55. The number of phenolic OH excluding ortho intramolecular Hbond substituents is 1. The summed E-state index contributed by atoms with van der Waals surface area (Å²) in [5, 5.41) is 20.6. The van der Waals surface area contributed by atoms with E-state index in [9.17, 15) is 15.2 Å². The topological polar surface area (TPSA) is 63.4 Å². The van der Waals surface area contributed by atoms with Crippen LogP contribution in [0.5, 0.6) is 5.75 Å². The van der Waals surface area contributed by atoms with E-state index in [4.69, 9.17) is 11.6 Å². The van der Waals surface area contributed by atoms with Crippen molar-refractivity contribution < 1.29 is 10.0 Å². The zero-order chi connectivity index (χ0) is 14.4. The standard InChI is InChI=1S/C14H18ClNO3/c1-3-4-10(2)7-12(16(18)19)8-11-5-6-14(17)13(15)9-11/h5-6,8-10,17H,3-4,7H2,1-2H3/b12-8+. The molecule has 4 nitrogen and oxygen atoms in total. The van der Waals surface area contributed by atoms with Crippen LogP contribution in [-0.4, -0.2) is 10.0 Å². The molecule has 0 saturated heterocycles. The highest BCUT2D eigenvalue weighted by Gasteiger charge is 2.15. The fourth-order valence-corrected chi connectivity index (χ4v) is 2.13. The number of nitro groups is 1. The number of rotatable bonds is 6. The van der Waals surface area contributed by atoms with Gasteiger partial charge < -0.3 is 5.11 Å². The summed E-state index contributed by atoms with van der Waals surface area (Å²) in [7, 11) is 0. The third kappa shape index (κ3) is 4.91. The average Bonchev–Trinajstić information content (AvgIpc) is 2.33. The molecule has 0 heterocycles. The van der Waals surface area contributed by atoms with Crippen LogP contribution in [0.1, 0.15) is 38.7 Å². The van der Waals surface area contributed by atoms with Gasteiger partial charge in [0.2, 0.25) is 5.70 Å². The average molecular weight is 284 g/mol. The monoisotopic (exact) mass is 283 g/mol. The second-order valence-corrected chi connectivity index (χ2v) is 5.11. The van der Waals surface area contributed by atoms with Crippen LogP contribution < -0.4 is 0 Å². The molecule has 0 radical (unpaired) electrons. The molecule has 0 aliphatic rings. The summed E-state index contributed by atoms with van der Waals surface area (Å²) in [5.41, 5.74) is 0.793. The minimum atomic E-state index is -0.354. The van der Waals surface area contributed by atoms with Crippen LogP contribution in [0.15, 0.2) is 23.9 Å². The Morgan fingerprint density at radius 1 is 1.58 bits per heavy atom. The molecule has 104 valence electrons. The molecule has 1 aromatic carbocycles. The van der Waals surface area contributed by atoms with E-state index in [0.717, 1.165) is 12.8 Å². The van der Waals surface area contributed by atoms with E-state index in [1.807, 2.05) is 6.92 Å². The van der Waals surface area contributed by atoms with Crippen molar-refractivity contribution in [3.05, 3.63) is 44.6 Å². The van der Waals surface area contributed by atoms with Gasteiger partial charge in [-0.05, 0) is 23.6 Å². The minimum absolute atomic E-state index is 0.0270. The van der Waals surface area contributed by atoms with Gasteiger partial charge >= 0.3 is 0 Å². The lowest BCUT2D eigenvalue weighted by Crippen LogP contribution is -2.04. The lowest BCUT2D eigenvalue weighted by Gasteiger charge is -2.07. The van der Waals surface area contributed by atoms with Crippen LogP contribution in [-0.2, 0) is 0 Å². The van der Waals surface area contributed by atoms with E-state index in [0.29, 0.717) is 12.0 Å². The predicted molar refractivity (Wildman–Crippen MR) is 76.8 cm³/mol. The summed E-state index contributed by atoms with van der Waals surface area (Å²) < 4.78 is 0. The van der Waals surface area contributed by atoms with Crippen molar-refractivity contribution in [2.24, 2.45) is 5.92 Å². The highest BCUT2D eigenvalue weighted by molar-refractivity contribution is 6.32. The van der Waals surface area contributed by atoms with Crippen LogP contribution in [0.4, 0.5) is 0 Å². The molecule has 5 heteroatoms. The van der Waals surface area contributed by atoms with Gasteiger partial charge in [0.1, 0.15) is 5.75 Å². The van der Waals surface area contributed by atoms with Crippen molar-refractivity contribution in [3.63, 3.8) is 0 Å². The first-order chi connectivity index (χ1) is 8.93. The zero-order valence-corrected chi connectivity index (χ0v) is 11.9. The third-order valence-corrected chi connectivity index (χ3v) is 3.18. The van der Waals surface area contributed by atoms with E-state index in [1.165, 1.54) is 18.2 Å². The second-order valence-electron chi connectivity index (χ2n) is 4.70. The summed E-state index contributed by atoms with van der Waals surface area (Å²) in [6.45, 7) is 4.07. The van der Waals surface area contributed by atoms with Crippen LogP contribution in [0.3, 0.4) is 0 Å². The molecule has 0 fully saturated rings. The Balaban J connectivity index is 2.94. The molecule has 0 spiro atoms. The first-order valence-electron chi connectivity index (χ1n) is 6.27. The lowest BCUT2D eigenvalue weighted by molar-refractivity contribution is -0.427. The Morgan fingerprint density at radius 3 is 2.79 bits per heavy atom. The SMILES string of the molecule is CCCC(C)C/C(=C\c1ccc(O)c(Cl)c1)[N+](=O)[O-]. The first kappa shape index (κ1) is 15.5. The van der Waals surface area contributed by atoms with Crippen LogP contribution in [0.2, 0.25) is 5.02 Å². The maximum atomic E-state index is 11.1. The fourth-order valence-electron chi connectivity index (χ4n) is 1.94. The van der Waals surface area contributed by atoms with Gasteiger partial charge in [-0.3, -0.25) is 10.1 Å². The number of nitrogens with zero attached hydrogens (tertiary/aromatic N) is 1. The fraction of sp³-hybridized carbons (Fsp3) is 0.429. The second kappa shape index (κ2) is 7.14.